The summed E-state index contributed by atoms with van der Waals surface area (Å²) in [6.45, 7) is 0. The van der Waals surface area contributed by atoms with Crippen molar-refractivity contribution in [2.75, 3.05) is 14.1 Å². The van der Waals surface area contributed by atoms with Gasteiger partial charge in [0.25, 0.3) is 0 Å². The number of hydrogen-bond donors (Lipinski definition) is 0. The first-order valence-electron chi connectivity index (χ1n) is 5.70. The Bertz CT molecular complexity index is 599. The maximum Gasteiger partial charge on any atom is 0.136 e. The van der Waals surface area contributed by atoms with Gasteiger partial charge in [-0.2, -0.15) is 0 Å². The van der Waals surface area contributed by atoms with Gasteiger partial charge in [-0.3, -0.25) is 0 Å². The molecule has 0 aliphatic heterocycles. The van der Waals surface area contributed by atoms with Crippen LogP contribution in [-0.2, 0) is 0 Å². The molecule has 18 heavy (non-hydrogen) atoms. The summed E-state index contributed by atoms with van der Waals surface area (Å²) in [5, 5.41) is 0. The van der Waals surface area contributed by atoms with Crippen LogP contribution in [0.3, 0.4) is 0 Å². The second-order valence-electron chi connectivity index (χ2n) is 4.21. The average molecular weight is 257 g/mol. The van der Waals surface area contributed by atoms with Gasteiger partial charge in [-0.1, -0.05) is 42.5 Å². The number of rotatable bonds is 3. The fraction of sp³-hybridized carbons (Fsp3) is 0.133. The van der Waals surface area contributed by atoms with Crippen LogP contribution < -0.4 is 0 Å². The second-order valence-corrected chi connectivity index (χ2v) is 4.68. The molecule has 0 bridgehead atoms. The molecule has 0 atom stereocenters. The molecule has 0 unspecified atom stereocenters. The molecule has 1 aromatic heterocycles. The van der Waals surface area contributed by atoms with Crippen LogP contribution in [0.15, 0.2) is 53.1 Å². The Morgan fingerprint density at radius 2 is 1.83 bits per heavy atom. The highest BCUT2D eigenvalue weighted by Crippen LogP contribution is 2.21. The van der Waals surface area contributed by atoms with Crippen molar-refractivity contribution in [2.45, 2.75) is 0 Å². The predicted molar refractivity (Wildman–Crippen MR) is 77.7 cm³/mol. The topological polar surface area (TPSA) is 16.4 Å². The van der Waals surface area contributed by atoms with Gasteiger partial charge in [0.15, 0.2) is 0 Å². The molecule has 0 aliphatic carbocycles. The minimum atomic E-state index is 0.759. The highest BCUT2D eigenvalue weighted by atomic mass is 32.1. The summed E-state index contributed by atoms with van der Waals surface area (Å²) in [4.78, 5) is 1.95. The quantitative estimate of drug-likeness (QED) is 0.766. The standard InChI is InChI=1S/C15H15NOS/c1-16(2)9-8-13-10-14(18)11-15(17-13)12-6-4-3-5-7-12/h3-11H,1-2H3/b9-8+. The van der Waals surface area contributed by atoms with Crippen LogP contribution in [0.1, 0.15) is 5.76 Å². The lowest BCUT2D eigenvalue weighted by Gasteiger charge is -2.05. The van der Waals surface area contributed by atoms with Crippen molar-refractivity contribution in [3.05, 3.63) is 58.9 Å². The molecule has 0 amide bonds. The van der Waals surface area contributed by atoms with Gasteiger partial charge >= 0.3 is 0 Å². The second kappa shape index (κ2) is 5.65. The molecule has 2 nitrogen and oxygen atoms in total. The van der Waals surface area contributed by atoms with E-state index in [-0.39, 0.29) is 0 Å². The SMILES string of the molecule is CN(C)/C=C/c1cc(=S)cc(-c2ccccc2)o1. The molecule has 92 valence electrons. The Labute approximate surface area is 112 Å². The van der Waals surface area contributed by atoms with Gasteiger partial charge < -0.3 is 9.32 Å². The summed E-state index contributed by atoms with van der Waals surface area (Å²) in [5.74, 6) is 1.55. The molecule has 3 heteroatoms. The van der Waals surface area contributed by atoms with Crippen LogP contribution in [0.25, 0.3) is 17.4 Å². The van der Waals surface area contributed by atoms with Gasteiger partial charge in [0, 0.05) is 30.4 Å². The largest absolute Gasteiger partial charge is 0.457 e. The van der Waals surface area contributed by atoms with Crippen molar-refractivity contribution >= 4 is 18.3 Å². The Hall–Kier alpha value is -1.87. The molecule has 0 radical (unpaired) electrons. The van der Waals surface area contributed by atoms with E-state index in [4.69, 9.17) is 16.6 Å². The third-order valence-electron chi connectivity index (χ3n) is 2.38. The van der Waals surface area contributed by atoms with E-state index in [1.165, 1.54) is 0 Å². The molecule has 0 fully saturated rings. The van der Waals surface area contributed by atoms with E-state index in [9.17, 15) is 0 Å². The fourth-order valence-electron chi connectivity index (χ4n) is 1.55. The van der Waals surface area contributed by atoms with Crippen LogP contribution in [0.4, 0.5) is 0 Å². The predicted octanol–water partition coefficient (Wildman–Crippen LogP) is 4.21. The Kier molecular flexibility index (Phi) is 3.95. The van der Waals surface area contributed by atoms with E-state index in [1.54, 1.807) is 0 Å². The van der Waals surface area contributed by atoms with E-state index >= 15 is 0 Å². The van der Waals surface area contributed by atoms with Crippen LogP contribution in [0.5, 0.6) is 0 Å². The molecule has 0 aliphatic rings. The van der Waals surface area contributed by atoms with Gasteiger partial charge in [-0.25, -0.2) is 0 Å². The van der Waals surface area contributed by atoms with E-state index in [1.807, 2.05) is 73.7 Å². The van der Waals surface area contributed by atoms with E-state index in [0.717, 1.165) is 21.6 Å². The van der Waals surface area contributed by atoms with Gasteiger partial charge in [0.05, 0.1) is 0 Å². The third kappa shape index (κ3) is 3.31. The first-order valence-corrected chi connectivity index (χ1v) is 6.11. The minimum absolute atomic E-state index is 0.759. The molecular formula is C15H15NOS. The molecule has 2 rings (SSSR count). The van der Waals surface area contributed by atoms with Crippen LogP contribution >= 0.6 is 12.2 Å². The summed E-state index contributed by atoms with van der Waals surface area (Å²) in [7, 11) is 3.93. The zero-order valence-electron chi connectivity index (χ0n) is 10.5. The zero-order chi connectivity index (χ0) is 13.0. The summed E-state index contributed by atoms with van der Waals surface area (Å²) >= 11 is 5.26. The summed E-state index contributed by atoms with van der Waals surface area (Å²) < 4.78 is 6.59. The van der Waals surface area contributed by atoms with E-state index < -0.39 is 0 Å². The lowest BCUT2D eigenvalue weighted by atomic mass is 10.1. The number of benzene rings is 1. The molecule has 1 heterocycles. The highest BCUT2D eigenvalue weighted by molar-refractivity contribution is 7.71. The van der Waals surface area contributed by atoms with Crippen molar-refractivity contribution < 1.29 is 4.42 Å². The van der Waals surface area contributed by atoms with Crippen molar-refractivity contribution in [1.29, 1.82) is 0 Å². The number of nitrogens with zero attached hydrogens (tertiary/aromatic N) is 1. The molecule has 0 saturated carbocycles. The average Bonchev–Trinajstić information content (AvgIpc) is 2.37. The molecule has 2 aromatic rings. The minimum Gasteiger partial charge on any atom is -0.457 e. The fourth-order valence-corrected chi connectivity index (χ4v) is 1.77. The van der Waals surface area contributed by atoms with Gasteiger partial charge in [0.2, 0.25) is 0 Å². The smallest absolute Gasteiger partial charge is 0.136 e. The molecular weight excluding hydrogens is 242 g/mol. The van der Waals surface area contributed by atoms with E-state index in [0.29, 0.717) is 0 Å². The lowest BCUT2D eigenvalue weighted by molar-refractivity contribution is 0.544. The third-order valence-corrected chi connectivity index (χ3v) is 2.62. The summed E-state index contributed by atoms with van der Waals surface area (Å²) in [5.41, 5.74) is 1.03. The summed E-state index contributed by atoms with van der Waals surface area (Å²) in [6.07, 6.45) is 3.84. The van der Waals surface area contributed by atoms with Gasteiger partial charge in [0.1, 0.15) is 11.5 Å². The first kappa shape index (κ1) is 12.6. The monoisotopic (exact) mass is 257 g/mol. The Morgan fingerprint density at radius 3 is 2.50 bits per heavy atom. The normalized spacial score (nSPS) is 10.8. The van der Waals surface area contributed by atoms with Crippen molar-refractivity contribution in [1.82, 2.24) is 4.90 Å². The van der Waals surface area contributed by atoms with Gasteiger partial charge in [-0.15, -0.1) is 0 Å². The van der Waals surface area contributed by atoms with Crippen molar-refractivity contribution in [3.63, 3.8) is 0 Å². The van der Waals surface area contributed by atoms with Gasteiger partial charge in [-0.05, 0) is 18.2 Å². The molecule has 0 N–H and O–H groups in total. The highest BCUT2D eigenvalue weighted by Gasteiger charge is 2.01. The maximum atomic E-state index is 5.81. The first-order chi connectivity index (χ1) is 8.65. The van der Waals surface area contributed by atoms with Crippen LogP contribution in [0, 0.1) is 4.51 Å². The molecule has 0 saturated heterocycles. The van der Waals surface area contributed by atoms with E-state index in [2.05, 4.69) is 0 Å². The van der Waals surface area contributed by atoms with Crippen LogP contribution in [-0.4, -0.2) is 19.0 Å². The summed E-state index contributed by atoms with van der Waals surface area (Å²) in [6, 6.07) is 13.7. The maximum absolute atomic E-state index is 5.81. The van der Waals surface area contributed by atoms with Crippen molar-refractivity contribution in [2.24, 2.45) is 0 Å². The Balaban J connectivity index is 2.42. The van der Waals surface area contributed by atoms with Crippen LogP contribution in [0.2, 0.25) is 0 Å². The molecule has 1 aromatic carbocycles. The number of hydrogen-bond acceptors (Lipinski definition) is 3. The zero-order valence-corrected chi connectivity index (χ0v) is 11.3. The lowest BCUT2D eigenvalue weighted by Crippen LogP contribution is -1.99. The molecule has 0 spiro atoms. The van der Waals surface area contributed by atoms with Crippen molar-refractivity contribution in [3.8, 4) is 11.3 Å². The Morgan fingerprint density at radius 1 is 1.11 bits per heavy atom.